The molecular formula is C12H19NO6. The van der Waals surface area contributed by atoms with Gasteiger partial charge in [0.1, 0.15) is 5.60 Å². The number of carboxylic acid groups (broad SMARTS) is 1. The third-order valence-corrected chi connectivity index (χ3v) is 2.44. The molecule has 108 valence electrons. The SMILES string of the molecule is CC(C)(C)OC(=O)N1CCOC(CC(=O)C(=O)O)C1. The Morgan fingerprint density at radius 2 is 2.00 bits per heavy atom. The Hall–Kier alpha value is -1.63. The summed E-state index contributed by atoms with van der Waals surface area (Å²) in [6, 6.07) is 0. The number of nitrogens with zero attached hydrogens (tertiary/aromatic N) is 1. The summed E-state index contributed by atoms with van der Waals surface area (Å²) in [5, 5.41) is 8.53. The lowest BCUT2D eigenvalue weighted by atomic mass is 10.1. The van der Waals surface area contributed by atoms with Gasteiger partial charge in [0.25, 0.3) is 0 Å². The van der Waals surface area contributed by atoms with Gasteiger partial charge in [0, 0.05) is 13.0 Å². The second kappa shape index (κ2) is 6.01. The zero-order chi connectivity index (χ0) is 14.6. The Kier molecular flexibility index (Phi) is 4.88. The number of carboxylic acids is 1. The van der Waals surface area contributed by atoms with Gasteiger partial charge in [-0.05, 0) is 20.8 Å². The number of carbonyl (C=O) groups is 3. The molecule has 1 rings (SSSR count). The fourth-order valence-corrected chi connectivity index (χ4v) is 1.63. The predicted octanol–water partition coefficient (Wildman–Crippen LogP) is 0.666. The van der Waals surface area contributed by atoms with Crippen molar-refractivity contribution < 1.29 is 29.0 Å². The van der Waals surface area contributed by atoms with Gasteiger partial charge in [0.05, 0.1) is 19.3 Å². The summed E-state index contributed by atoms with van der Waals surface area (Å²) >= 11 is 0. The second-order valence-corrected chi connectivity index (χ2v) is 5.35. The molecule has 1 aliphatic rings. The average Bonchev–Trinajstić information content (AvgIpc) is 2.27. The molecule has 1 saturated heterocycles. The molecule has 0 radical (unpaired) electrons. The highest BCUT2D eigenvalue weighted by molar-refractivity contribution is 6.32. The van der Waals surface area contributed by atoms with Gasteiger partial charge in [-0.15, -0.1) is 0 Å². The van der Waals surface area contributed by atoms with Crippen LogP contribution in [0.5, 0.6) is 0 Å². The van der Waals surface area contributed by atoms with Crippen molar-refractivity contribution in [3.8, 4) is 0 Å². The molecule has 1 unspecified atom stereocenters. The van der Waals surface area contributed by atoms with E-state index in [1.54, 1.807) is 20.8 Å². The van der Waals surface area contributed by atoms with Gasteiger partial charge in [-0.25, -0.2) is 9.59 Å². The van der Waals surface area contributed by atoms with Gasteiger partial charge in [-0.1, -0.05) is 0 Å². The molecule has 1 atom stereocenters. The number of aliphatic carboxylic acids is 1. The standard InChI is InChI=1S/C12H19NO6/c1-12(2,3)19-11(17)13-4-5-18-8(7-13)6-9(14)10(15)16/h8H,4-7H2,1-3H3,(H,15,16). The maximum Gasteiger partial charge on any atom is 0.410 e. The highest BCUT2D eigenvalue weighted by Gasteiger charge is 2.30. The first-order chi connectivity index (χ1) is 8.69. The van der Waals surface area contributed by atoms with Gasteiger partial charge in [-0.2, -0.15) is 0 Å². The largest absolute Gasteiger partial charge is 0.475 e. The molecule has 7 nitrogen and oxygen atoms in total. The molecular weight excluding hydrogens is 254 g/mol. The quantitative estimate of drug-likeness (QED) is 0.759. The van der Waals surface area contributed by atoms with E-state index in [9.17, 15) is 14.4 Å². The Labute approximate surface area is 111 Å². The number of amides is 1. The first kappa shape index (κ1) is 15.4. The van der Waals surface area contributed by atoms with Crippen LogP contribution in [0.25, 0.3) is 0 Å². The van der Waals surface area contributed by atoms with Gasteiger partial charge in [0.15, 0.2) is 0 Å². The fourth-order valence-electron chi connectivity index (χ4n) is 1.63. The van der Waals surface area contributed by atoms with Crippen LogP contribution in [-0.2, 0) is 19.1 Å². The van der Waals surface area contributed by atoms with Gasteiger partial charge in [-0.3, -0.25) is 4.79 Å². The summed E-state index contributed by atoms with van der Waals surface area (Å²) in [5.74, 6) is -2.41. The van der Waals surface area contributed by atoms with E-state index in [1.165, 1.54) is 4.90 Å². The Morgan fingerprint density at radius 1 is 1.37 bits per heavy atom. The minimum atomic E-state index is -1.49. The molecule has 0 aliphatic carbocycles. The zero-order valence-electron chi connectivity index (χ0n) is 11.3. The average molecular weight is 273 g/mol. The van der Waals surface area contributed by atoms with Crippen LogP contribution in [0.2, 0.25) is 0 Å². The zero-order valence-corrected chi connectivity index (χ0v) is 11.3. The molecule has 1 heterocycles. The van der Waals surface area contributed by atoms with Crippen molar-refractivity contribution in [1.29, 1.82) is 0 Å². The molecule has 1 amide bonds. The molecule has 0 aromatic carbocycles. The summed E-state index contributed by atoms with van der Waals surface area (Å²) in [4.78, 5) is 34.8. The molecule has 0 spiro atoms. The van der Waals surface area contributed by atoms with E-state index in [1.807, 2.05) is 0 Å². The highest BCUT2D eigenvalue weighted by Crippen LogP contribution is 2.14. The Morgan fingerprint density at radius 3 is 2.53 bits per heavy atom. The first-order valence-corrected chi connectivity index (χ1v) is 6.04. The van der Waals surface area contributed by atoms with Crippen LogP contribution in [0.3, 0.4) is 0 Å². The van der Waals surface area contributed by atoms with E-state index in [0.29, 0.717) is 6.54 Å². The van der Waals surface area contributed by atoms with Crippen LogP contribution in [0.1, 0.15) is 27.2 Å². The molecule has 0 aromatic heterocycles. The van der Waals surface area contributed by atoms with Gasteiger partial charge >= 0.3 is 12.1 Å². The van der Waals surface area contributed by atoms with Gasteiger partial charge < -0.3 is 19.5 Å². The Balaban J connectivity index is 2.52. The van der Waals surface area contributed by atoms with Crippen LogP contribution in [0.15, 0.2) is 0 Å². The molecule has 0 saturated carbocycles. The molecule has 0 aromatic rings. The summed E-state index contributed by atoms with van der Waals surface area (Å²) in [5.41, 5.74) is -0.595. The number of ether oxygens (including phenoxy) is 2. The lowest BCUT2D eigenvalue weighted by Gasteiger charge is -2.33. The van der Waals surface area contributed by atoms with Crippen molar-refractivity contribution in [3.05, 3.63) is 0 Å². The monoisotopic (exact) mass is 273 g/mol. The van der Waals surface area contributed by atoms with E-state index in [0.717, 1.165) is 0 Å². The van der Waals surface area contributed by atoms with Crippen LogP contribution in [0, 0.1) is 0 Å². The number of rotatable bonds is 3. The van der Waals surface area contributed by atoms with E-state index >= 15 is 0 Å². The highest BCUT2D eigenvalue weighted by atomic mass is 16.6. The van der Waals surface area contributed by atoms with Gasteiger partial charge in [0.2, 0.25) is 5.78 Å². The maximum atomic E-state index is 11.8. The van der Waals surface area contributed by atoms with E-state index in [-0.39, 0.29) is 19.6 Å². The number of hydrogen-bond donors (Lipinski definition) is 1. The molecule has 0 bridgehead atoms. The normalized spacial score (nSPS) is 19.9. The first-order valence-electron chi connectivity index (χ1n) is 6.04. The molecule has 7 heteroatoms. The van der Waals surface area contributed by atoms with Crippen molar-refractivity contribution in [2.24, 2.45) is 0 Å². The molecule has 1 N–H and O–H groups in total. The maximum absolute atomic E-state index is 11.8. The summed E-state index contributed by atoms with van der Waals surface area (Å²) in [6.45, 7) is 6.07. The number of ketones is 1. The van der Waals surface area contributed by atoms with Crippen LogP contribution in [-0.4, -0.2) is 59.3 Å². The number of morpholine rings is 1. The lowest BCUT2D eigenvalue weighted by molar-refractivity contribution is -0.151. The fraction of sp³-hybridized carbons (Fsp3) is 0.750. The van der Waals surface area contributed by atoms with Crippen LogP contribution < -0.4 is 0 Å². The summed E-state index contributed by atoms with van der Waals surface area (Å²) in [6.07, 6.45) is -1.32. The van der Waals surface area contributed by atoms with E-state index in [4.69, 9.17) is 14.6 Å². The summed E-state index contributed by atoms with van der Waals surface area (Å²) < 4.78 is 10.5. The number of carbonyl (C=O) groups excluding carboxylic acids is 2. The van der Waals surface area contributed by atoms with Crippen LogP contribution in [0.4, 0.5) is 4.79 Å². The second-order valence-electron chi connectivity index (χ2n) is 5.35. The lowest BCUT2D eigenvalue weighted by Crippen LogP contribution is -2.48. The predicted molar refractivity (Wildman–Crippen MR) is 64.8 cm³/mol. The van der Waals surface area contributed by atoms with Crippen LogP contribution >= 0.6 is 0 Å². The molecule has 19 heavy (non-hydrogen) atoms. The third kappa shape index (κ3) is 5.25. The van der Waals surface area contributed by atoms with Crippen molar-refractivity contribution in [3.63, 3.8) is 0 Å². The summed E-state index contributed by atoms with van der Waals surface area (Å²) in [7, 11) is 0. The number of hydrogen-bond acceptors (Lipinski definition) is 5. The van der Waals surface area contributed by atoms with Crippen molar-refractivity contribution in [2.45, 2.75) is 38.9 Å². The van der Waals surface area contributed by atoms with E-state index in [2.05, 4.69) is 0 Å². The smallest absolute Gasteiger partial charge is 0.410 e. The minimum absolute atomic E-state index is 0.161. The van der Waals surface area contributed by atoms with Crippen molar-refractivity contribution >= 4 is 17.8 Å². The molecule has 1 aliphatic heterocycles. The van der Waals surface area contributed by atoms with Crippen molar-refractivity contribution in [2.75, 3.05) is 19.7 Å². The topological polar surface area (TPSA) is 93.1 Å². The minimum Gasteiger partial charge on any atom is -0.475 e. The third-order valence-electron chi connectivity index (χ3n) is 2.44. The van der Waals surface area contributed by atoms with Crippen molar-refractivity contribution in [1.82, 2.24) is 4.90 Å². The number of Topliss-reactive ketones (excluding diaryl/α,β-unsaturated/α-hetero) is 1. The Bertz CT molecular complexity index is 373. The molecule has 1 fully saturated rings. The van der Waals surface area contributed by atoms with E-state index < -0.39 is 29.6 Å².